The van der Waals surface area contributed by atoms with Gasteiger partial charge in [-0.1, -0.05) is 30.1 Å². The van der Waals surface area contributed by atoms with Gasteiger partial charge < -0.3 is 5.11 Å². The van der Waals surface area contributed by atoms with Gasteiger partial charge in [0.2, 0.25) is 0 Å². The molecule has 0 radical (unpaired) electrons. The molecule has 1 aromatic rings. The van der Waals surface area contributed by atoms with Crippen LogP contribution in [0.1, 0.15) is 19.4 Å². The minimum Gasteiger partial charge on any atom is -0.480 e. The highest BCUT2D eigenvalue weighted by molar-refractivity contribution is 9.10. The molecule has 14 heavy (non-hydrogen) atoms. The van der Waals surface area contributed by atoms with Gasteiger partial charge in [0.05, 0.1) is 0 Å². The average Bonchev–Trinajstić information content (AvgIpc) is 2.32. The van der Waals surface area contributed by atoms with Crippen LogP contribution in [0.4, 0.5) is 0 Å². The highest BCUT2D eigenvalue weighted by Crippen LogP contribution is 2.30. The van der Waals surface area contributed by atoms with Crippen molar-refractivity contribution < 1.29 is 9.90 Å². The van der Waals surface area contributed by atoms with Crippen molar-refractivity contribution in [3.05, 3.63) is 15.0 Å². The van der Waals surface area contributed by atoms with Crippen LogP contribution in [0.2, 0.25) is 10.3 Å². The lowest BCUT2D eigenvalue weighted by Gasteiger charge is -2.13. The molecule has 0 fully saturated rings. The summed E-state index contributed by atoms with van der Waals surface area (Å²) in [5, 5.41) is 9.14. The molecule has 1 atom stereocenters. The number of hydrogen-bond acceptors (Lipinski definition) is 2. The molecule has 0 aromatic carbocycles. The molecule has 0 amide bonds. The molecule has 1 rings (SSSR count). The number of imidazole rings is 1. The predicted molar refractivity (Wildman–Crippen MR) is 56.9 cm³/mol. The van der Waals surface area contributed by atoms with Gasteiger partial charge in [-0.05, 0) is 22.4 Å². The normalized spacial score (nSPS) is 12.9. The maximum Gasteiger partial charge on any atom is 0.326 e. The van der Waals surface area contributed by atoms with Crippen molar-refractivity contribution in [1.82, 2.24) is 9.55 Å². The Morgan fingerprint density at radius 1 is 1.71 bits per heavy atom. The van der Waals surface area contributed by atoms with Crippen LogP contribution in [0.5, 0.6) is 0 Å². The number of aliphatic carboxylic acids is 1. The molecule has 1 N–H and O–H groups in total. The first-order valence-corrected chi connectivity index (χ1v) is 5.35. The van der Waals surface area contributed by atoms with Crippen LogP contribution in [0, 0.1) is 0 Å². The Kier molecular flexibility index (Phi) is 3.80. The fraction of sp³-hybridized carbons (Fsp3) is 0.429. The van der Waals surface area contributed by atoms with E-state index in [0.29, 0.717) is 11.2 Å². The van der Waals surface area contributed by atoms with Crippen LogP contribution in [-0.4, -0.2) is 20.6 Å². The molecule has 1 aromatic heterocycles. The first-order valence-electron chi connectivity index (χ1n) is 3.80. The Balaban J connectivity index is 3.22. The van der Waals surface area contributed by atoms with Crippen LogP contribution in [0.3, 0.4) is 0 Å². The second kappa shape index (κ2) is 4.51. The lowest BCUT2D eigenvalue weighted by molar-refractivity contribution is -0.141. The molecule has 1 unspecified atom stereocenters. The lowest BCUT2D eigenvalue weighted by Crippen LogP contribution is -2.18. The second-order valence-electron chi connectivity index (χ2n) is 2.59. The van der Waals surface area contributed by atoms with E-state index in [1.54, 1.807) is 6.92 Å². The molecule has 0 spiro atoms. The van der Waals surface area contributed by atoms with Gasteiger partial charge >= 0.3 is 5.97 Å². The van der Waals surface area contributed by atoms with E-state index in [0.717, 1.165) is 0 Å². The van der Waals surface area contributed by atoms with E-state index in [2.05, 4.69) is 20.9 Å². The quantitative estimate of drug-likeness (QED) is 0.934. The van der Waals surface area contributed by atoms with Gasteiger partial charge in [0.1, 0.15) is 11.2 Å². The maximum absolute atomic E-state index is 10.9. The number of aromatic nitrogens is 2. The Morgan fingerprint density at radius 2 is 2.29 bits per heavy atom. The molecular formula is C7H7BrCl2N2O2. The molecule has 0 aliphatic heterocycles. The Bertz CT molecular complexity index is 367. The fourth-order valence-electron chi connectivity index (χ4n) is 1.09. The molecule has 4 nitrogen and oxygen atoms in total. The monoisotopic (exact) mass is 300 g/mol. The van der Waals surface area contributed by atoms with Gasteiger partial charge in [0.25, 0.3) is 0 Å². The first kappa shape index (κ1) is 11.8. The van der Waals surface area contributed by atoms with E-state index in [1.165, 1.54) is 4.57 Å². The molecule has 7 heteroatoms. The van der Waals surface area contributed by atoms with E-state index in [-0.39, 0.29) is 10.3 Å². The van der Waals surface area contributed by atoms with E-state index in [4.69, 9.17) is 28.3 Å². The van der Waals surface area contributed by atoms with Gasteiger partial charge in [0.15, 0.2) is 9.89 Å². The van der Waals surface area contributed by atoms with Crippen molar-refractivity contribution in [3.63, 3.8) is 0 Å². The molecule has 0 aliphatic carbocycles. The van der Waals surface area contributed by atoms with Crippen molar-refractivity contribution in [2.75, 3.05) is 0 Å². The Morgan fingerprint density at radius 3 is 2.57 bits per heavy atom. The third kappa shape index (κ3) is 2.04. The van der Waals surface area contributed by atoms with E-state index in [9.17, 15) is 4.79 Å². The zero-order chi connectivity index (χ0) is 10.9. The summed E-state index contributed by atoms with van der Waals surface area (Å²) < 4.78 is 1.66. The topological polar surface area (TPSA) is 55.1 Å². The van der Waals surface area contributed by atoms with Crippen molar-refractivity contribution in [1.29, 1.82) is 0 Å². The van der Waals surface area contributed by atoms with E-state index >= 15 is 0 Å². The van der Waals surface area contributed by atoms with Crippen molar-refractivity contribution in [2.24, 2.45) is 0 Å². The summed E-state index contributed by atoms with van der Waals surface area (Å²) in [6, 6.07) is -0.753. The highest BCUT2D eigenvalue weighted by atomic mass is 79.9. The van der Waals surface area contributed by atoms with Gasteiger partial charge in [-0.3, -0.25) is 4.57 Å². The SMILES string of the molecule is CCC(C(=O)O)n1c(Br)nc(Cl)c1Cl. The Labute approximate surface area is 99.0 Å². The number of carboxylic acid groups (broad SMARTS) is 1. The number of nitrogens with zero attached hydrogens (tertiary/aromatic N) is 2. The van der Waals surface area contributed by atoms with Gasteiger partial charge in [-0.15, -0.1) is 0 Å². The fourth-order valence-corrected chi connectivity index (χ4v) is 2.31. The number of rotatable bonds is 3. The van der Waals surface area contributed by atoms with Crippen molar-refractivity contribution in [2.45, 2.75) is 19.4 Å². The largest absolute Gasteiger partial charge is 0.480 e. The average molecular weight is 302 g/mol. The number of halogens is 3. The van der Waals surface area contributed by atoms with Crippen LogP contribution >= 0.6 is 39.1 Å². The molecule has 0 bridgehead atoms. The van der Waals surface area contributed by atoms with Crippen molar-refractivity contribution in [3.8, 4) is 0 Å². The molecular weight excluding hydrogens is 295 g/mol. The maximum atomic E-state index is 10.9. The van der Waals surface area contributed by atoms with Crippen LogP contribution in [-0.2, 0) is 4.79 Å². The standard InChI is InChI=1S/C7H7BrCl2N2O2/c1-2-3(6(13)14)12-5(10)4(9)11-7(12)8/h3H,2H2,1H3,(H,13,14). The number of carboxylic acids is 1. The summed E-state index contributed by atoms with van der Waals surface area (Å²) in [5.74, 6) is -0.968. The smallest absolute Gasteiger partial charge is 0.326 e. The zero-order valence-electron chi connectivity index (χ0n) is 7.17. The summed E-state index contributed by atoms with van der Waals surface area (Å²) in [5.41, 5.74) is 0. The molecule has 0 saturated heterocycles. The Hall–Kier alpha value is -0.260. The van der Waals surface area contributed by atoms with Gasteiger partial charge in [0, 0.05) is 0 Å². The van der Waals surface area contributed by atoms with Crippen molar-refractivity contribution >= 4 is 45.1 Å². The summed E-state index contributed by atoms with van der Waals surface area (Å²) >= 11 is 14.6. The zero-order valence-corrected chi connectivity index (χ0v) is 10.3. The molecule has 0 saturated carbocycles. The highest BCUT2D eigenvalue weighted by Gasteiger charge is 2.24. The summed E-state index contributed by atoms with van der Waals surface area (Å²) in [6.45, 7) is 1.75. The minimum atomic E-state index is -0.968. The predicted octanol–water partition coefficient (Wildman–Crippen LogP) is 2.99. The van der Waals surface area contributed by atoms with E-state index < -0.39 is 12.0 Å². The third-order valence-corrected chi connectivity index (χ3v) is 3.04. The number of carbonyl (C=O) groups is 1. The molecule has 1 heterocycles. The summed E-state index contributed by atoms with van der Waals surface area (Å²) in [4.78, 5) is 14.7. The lowest BCUT2D eigenvalue weighted by atomic mass is 10.2. The van der Waals surface area contributed by atoms with Crippen LogP contribution in [0.15, 0.2) is 4.73 Å². The number of hydrogen-bond donors (Lipinski definition) is 1. The second-order valence-corrected chi connectivity index (χ2v) is 4.02. The minimum absolute atomic E-state index is 0.0956. The summed E-state index contributed by atoms with van der Waals surface area (Å²) in [7, 11) is 0. The van der Waals surface area contributed by atoms with E-state index in [1.807, 2.05) is 0 Å². The van der Waals surface area contributed by atoms with Gasteiger partial charge in [-0.2, -0.15) is 0 Å². The molecule has 0 aliphatic rings. The van der Waals surface area contributed by atoms with Crippen LogP contribution in [0.25, 0.3) is 0 Å². The first-order chi connectivity index (χ1) is 6.49. The summed E-state index contributed by atoms with van der Waals surface area (Å²) in [6.07, 6.45) is 0.403. The van der Waals surface area contributed by atoms with Crippen LogP contribution < -0.4 is 0 Å². The third-order valence-electron chi connectivity index (χ3n) is 1.75. The molecule has 78 valence electrons. The van der Waals surface area contributed by atoms with Gasteiger partial charge in [-0.25, -0.2) is 9.78 Å².